The van der Waals surface area contributed by atoms with Gasteiger partial charge in [-0.2, -0.15) is 9.78 Å². The Bertz CT molecular complexity index is 1090. The highest BCUT2D eigenvalue weighted by Crippen LogP contribution is 2.29. The van der Waals surface area contributed by atoms with Crippen LogP contribution in [0.5, 0.6) is 0 Å². The molecule has 0 aromatic carbocycles. The van der Waals surface area contributed by atoms with Crippen LogP contribution in [0.15, 0.2) is 18.2 Å². The first kappa shape index (κ1) is 16.9. The molecule has 3 aromatic rings. The predicted octanol–water partition coefficient (Wildman–Crippen LogP) is 1.90. The van der Waals surface area contributed by atoms with E-state index in [0.717, 1.165) is 49.0 Å². The van der Waals surface area contributed by atoms with Crippen molar-refractivity contribution in [3.63, 3.8) is 0 Å². The first-order valence-corrected chi connectivity index (χ1v) is 9.74. The minimum atomic E-state index is 0.306. The number of hydrogen-bond acceptors (Lipinski definition) is 7. The lowest BCUT2D eigenvalue weighted by Crippen LogP contribution is -2.59. The fourth-order valence-corrected chi connectivity index (χ4v) is 4.09. The molecule has 0 radical (unpaired) electrons. The van der Waals surface area contributed by atoms with E-state index >= 15 is 0 Å². The molecular formula is C20H22N8. The maximum absolute atomic E-state index is 9.63. The number of hydrogen-bond donors (Lipinski definition) is 0. The minimum Gasteiger partial charge on any atom is -0.352 e. The van der Waals surface area contributed by atoms with Gasteiger partial charge in [-0.05, 0) is 56.4 Å². The van der Waals surface area contributed by atoms with Gasteiger partial charge in [0.2, 0.25) is 0 Å². The molecule has 142 valence electrons. The van der Waals surface area contributed by atoms with E-state index in [2.05, 4.69) is 31.2 Å². The SMILES string of the molecule is Cc1nnc2ccc(N3CC(N(C)c4nc5c(cc4C#N)CCCC5)C3)nn12. The summed E-state index contributed by atoms with van der Waals surface area (Å²) in [6, 6.07) is 8.63. The van der Waals surface area contributed by atoms with Gasteiger partial charge in [0.05, 0.1) is 11.6 Å². The Morgan fingerprint density at radius 2 is 2.00 bits per heavy atom. The quantitative estimate of drug-likeness (QED) is 0.692. The molecule has 0 bridgehead atoms. The number of anilines is 2. The highest BCUT2D eigenvalue weighted by molar-refractivity contribution is 5.58. The third-order valence-electron chi connectivity index (χ3n) is 5.87. The van der Waals surface area contributed by atoms with Crippen LogP contribution in [0.25, 0.3) is 5.65 Å². The molecule has 1 fully saturated rings. The van der Waals surface area contributed by atoms with Crippen LogP contribution >= 0.6 is 0 Å². The highest BCUT2D eigenvalue weighted by Gasteiger charge is 2.33. The van der Waals surface area contributed by atoms with Gasteiger partial charge in [0.25, 0.3) is 0 Å². The second kappa shape index (κ2) is 6.44. The smallest absolute Gasteiger partial charge is 0.178 e. The Balaban J connectivity index is 1.35. The van der Waals surface area contributed by atoms with Gasteiger partial charge in [-0.15, -0.1) is 15.3 Å². The minimum absolute atomic E-state index is 0.306. The van der Waals surface area contributed by atoms with Crippen molar-refractivity contribution >= 4 is 17.3 Å². The van der Waals surface area contributed by atoms with Gasteiger partial charge >= 0.3 is 0 Å². The Morgan fingerprint density at radius 1 is 1.18 bits per heavy atom. The van der Waals surface area contributed by atoms with Crippen LogP contribution in [0.4, 0.5) is 11.6 Å². The Morgan fingerprint density at radius 3 is 2.82 bits per heavy atom. The molecule has 0 N–H and O–H groups in total. The van der Waals surface area contributed by atoms with E-state index in [-0.39, 0.29) is 0 Å². The Labute approximate surface area is 163 Å². The largest absolute Gasteiger partial charge is 0.352 e. The van der Waals surface area contributed by atoms with Crippen LogP contribution in [0.2, 0.25) is 0 Å². The lowest BCUT2D eigenvalue weighted by Gasteiger charge is -2.45. The molecule has 0 amide bonds. The average Bonchev–Trinajstić information content (AvgIpc) is 3.06. The van der Waals surface area contributed by atoms with Crippen LogP contribution in [0.1, 0.15) is 35.5 Å². The summed E-state index contributed by atoms with van der Waals surface area (Å²) < 4.78 is 1.77. The number of nitrogens with zero attached hydrogens (tertiary/aromatic N) is 8. The summed E-state index contributed by atoms with van der Waals surface area (Å²) in [6.45, 7) is 3.59. The summed E-state index contributed by atoms with van der Waals surface area (Å²) in [7, 11) is 2.04. The number of fused-ring (bicyclic) bond motifs is 2. The van der Waals surface area contributed by atoms with Gasteiger partial charge in [-0.1, -0.05) is 0 Å². The van der Waals surface area contributed by atoms with E-state index in [0.29, 0.717) is 11.6 Å². The van der Waals surface area contributed by atoms with E-state index in [1.54, 1.807) is 4.52 Å². The monoisotopic (exact) mass is 374 g/mol. The Kier molecular flexibility index (Phi) is 3.90. The van der Waals surface area contributed by atoms with Crippen molar-refractivity contribution in [3.05, 3.63) is 40.8 Å². The second-order valence-corrected chi connectivity index (χ2v) is 7.66. The summed E-state index contributed by atoms with van der Waals surface area (Å²) in [5, 5.41) is 22.4. The van der Waals surface area contributed by atoms with E-state index in [4.69, 9.17) is 4.98 Å². The molecule has 2 aliphatic rings. The fourth-order valence-electron chi connectivity index (χ4n) is 4.09. The van der Waals surface area contributed by atoms with Gasteiger partial charge in [-0.3, -0.25) is 0 Å². The fraction of sp³-hybridized carbons (Fsp3) is 0.450. The zero-order chi connectivity index (χ0) is 19.3. The first-order chi connectivity index (χ1) is 13.6. The van der Waals surface area contributed by atoms with Crippen molar-refractivity contribution in [1.82, 2.24) is 24.8 Å². The number of rotatable bonds is 3. The van der Waals surface area contributed by atoms with Crippen LogP contribution < -0.4 is 9.80 Å². The molecule has 1 aliphatic heterocycles. The lowest BCUT2D eigenvalue weighted by atomic mass is 9.94. The molecule has 3 aromatic heterocycles. The third-order valence-corrected chi connectivity index (χ3v) is 5.87. The third kappa shape index (κ3) is 2.66. The van der Waals surface area contributed by atoms with Crippen LogP contribution in [-0.4, -0.2) is 51.0 Å². The number of likely N-dealkylation sites (N-methyl/N-ethyl adjacent to an activating group) is 1. The van der Waals surface area contributed by atoms with Crippen LogP contribution in [0.3, 0.4) is 0 Å². The molecule has 4 heterocycles. The van der Waals surface area contributed by atoms with E-state index in [1.807, 2.05) is 32.2 Å². The van der Waals surface area contributed by atoms with E-state index in [1.165, 1.54) is 24.1 Å². The number of aryl methyl sites for hydroxylation is 3. The first-order valence-electron chi connectivity index (χ1n) is 9.74. The topological polar surface area (TPSA) is 86.2 Å². The van der Waals surface area contributed by atoms with Crippen molar-refractivity contribution < 1.29 is 0 Å². The summed E-state index contributed by atoms with van der Waals surface area (Å²) >= 11 is 0. The van der Waals surface area contributed by atoms with Crippen molar-refractivity contribution in [1.29, 1.82) is 5.26 Å². The van der Waals surface area contributed by atoms with Crippen molar-refractivity contribution in [3.8, 4) is 6.07 Å². The van der Waals surface area contributed by atoms with Gasteiger partial charge in [0, 0.05) is 25.8 Å². The number of aromatic nitrogens is 5. The highest BCUT2D eigenvalue weighted by atomic mass is 15.4. The van der Waals surface area contributed by atoms with Gasteiger partial charge in [0.15, 0.2) is 11.5 Å². The number of nitriles is 1. The standard InChI is InChI=1S/C20H22N8/c1-13-23-24-18-7-8-19(25-28(13)18)27-11-16(12-27)26(2)20-15(10-21)9-14-5-3-4-6-17(14)22-20/h7-9,16H,3-6,11-12H2,1-2H3. The molecule has 28 heavy (non-hydrogen) atoms. The summed E-state index contributed by atoms with van der Waals surface area (Å²) in [5.41, 5.74) is 3.85. The normalized spacial score (nSPS) is 16.5. The number of pyridine rings is 1. The summed E-state index contributed by atoms with van der Waals surface area (Å²) in [6.07, 6.45) is 4.42. The average molecular weight is 374 g/mol. The molecule has 8 heteroatoms. The van der Waals surface area contributed by atoms with Gasteiger partial charge in [0.1, 0.15) is 17.7 Å². The zero-order valence-corrected chi connectivity index (χ0v) is 16.1. The summed E-state index contributed by atoms with van der Waals surface area (Å²) in [4.78, 5) is 9.26. The molecular weight excluding hydrogens is 352 g/mol. The molecule has 0 saturated carbocycles. The molecule has 1 saturated heterocycles. The predicted molar refractivity (Wildman–Crippen MR) is 106 cm³/mol. The van der Waals surface area contributed by atoms with Crippen molar-refractivity contribution in [2.75, 3.05) is 29.9 Å². The Hall–Kier alpha value is -3.21. The molecule has 5 rings (SSSR count). The molecule has 1 aliphatic carbocycles. The van der Waals surface area contributed by atoms with Crippen molar-refractivity contribution in [2.45, 2.75) is 38.6 Å². The van der Waals surface area contributed by atoms with Crippen molar-refractivity contribution in [2.24, 2.45) is 0 Å². The van der Waals surface area contributed by atoms with E-state index < -0.39 is 0 Å². The molecule has 0 spiro atoms. The molecule has 0 unspecified atom stereocenters. The molecule has 0 atom stereocenters. The van der Waals surface area contributed by atoms with Crippen LogP contribution in [-0.2, 0) is 12.8 Å². The maximum Gasteiger partial charge on any atom is 0.178 e. The zero-order valence-electron chi connectivity index (χ0n) is 16.1. The molecule has 8 nitrogen and oxygen atoms in total. The van der Waals surface area contributed by atoms with Crippen LogP contribution in [0, 0.1) is 18.3 Å². The van der Waals surface area contributed by atoms with Gasteiger partial charge in [-0.25, -0.2) is 4.98 Å². The lowest BCUT2D eigenvalue weighted by molar-refractivity contribution is 0.486. The summed E-state index contributed by atoms with van der Waals surface area (Å²) in [5.74, 6) is 2.51. The van der Waals surface area contributed by atoms with Gasteiger partial charge < -0.3 is 9.80 Å². The van der Waals surface area contributed by atoms with E-state index in [9.17, 15) is 5.26 Å². The maximum atomic E-state index is 9.63. The second-order valence-electron chi connectivity index (χ2n) is 7.66.